The van der Waals surface area contributed by atoms with Crippen molar-refractivity contribution < 1.29 is 4.79 Å². The van der Waals surface area contributed by atoms with E-state index < -0.39 is 0 Å². The fraction of sp³-hybridized carbons (Fsp3) is 0.500. The van der Waals surface area contributed by atoms with E-state index in [2.05, 4.69) is 39.2 Å². The van der Waals surface area contributed by atoms with Crippen molar-refractivity contribution in [3.63, 3.8) is 0 Å². The third-order valence-electron chi connectivity index (χ3n) is 4.54. The predicted molar refractivity (Wildman–Crippen MR) is 105 cm³/mol. The number of nitrogens with one attached hydrogen (secondary N) is 2. The zero-order valence-corrected chi connectivity index (χ0v) is 16.4. The standard InChI is InChI=1S/C20H29N5O/c1-7-16-22-11-8-15(24-16)12-23-19(26)17(13(2)3)14(4)18(21-6)25-20(5)9-10-20/h8,11,25H,6-7,9-10,12H2,1-5H3,(H,23,26)/b18-14-. The van der Waals surface area contributed by atoms with Crippen molar-refractivity contribution in [1.29, 1.82) is 0 Å². The highest BCUT2D eigenvalue weighted by Crippen LogP contribution is 2.36. The number of carbonyl (C=O) groups excluding carboxylic acids is 1. The highest BCUT2D eigenvalue weighted by atomic mass is 16.1. The normalized spacial score (nSPS) is 15.6. The van der Waals surface area contributed by atoms with Crippen molar-refractivity contribution >= 4 is 12.6 Å². The van der Waals surface area contributed by atoms with Crippen LogP contribution in [-0.4, -0.2) is 28.1 Å². The van der Waals surface area contributed by atoms with Crippen LogP contribution in [0.4, 0.5) is 0 Å². The lowest BCUT2D eigenvalue weighted by Crippen LogP contribution is -2.30. The topological polar surface area (TPSA) is 79.3 Å². The number of rotatable bonds is 8. The largest absolute Gasteiger partial charge is 0.365 e. The van der Waals surface area contributed by atoms with Gasteiger partial charge in [0.25, 0.3) is 5.91 Å². The van der Waals surface area contributed by atoms with Crippen molar-refractivity contribution in [2.45, 2.75) is 66.0 Å². The van der Waals surface area contributed by atoms with Gasteiger partial charge < -0.3 is 10.6 Å². The summed E-state index contributed by atoms with van der Waals surface area (Å²) in [5.74, 6) is 1.31. The molecule has 26 heavy (non-hydrogen) atoms. The fourth-order valence-corrected chi connectivity index (χ4v) is 2.71. The molecule has 0 radical (unpaired) electrons. The van der Waals surface area contributed by atoms with Gasteiger partial charge >= 0.3 is 0 Å². The molecule has 1 aliphatic rings. The van der Waals surface area contributed by atoms with E-state index >= 15 is 0 Å². The first-order valence-corrected chi connectivity index (χ1v) is 9.02. The monoisotopic (exact) mass is 355 g/mol. The summed E-state index contributed by atoms with van der Waals surface area (Å²) in [6.45, 7) is 13.9. The molecule has 1 heterocycles. The van der Waals surface area contributed by atoms with Gasteiger partial charge in [0.15, 0.2) is 0 Å². The number of aromatic nitrogens is 2. The van der Waals surface area contributed by atoms with Gasteiger partial charge in [0.2, 0.25) is 0 Å². The van der Waals surface area contributed by atoms with Crippen LogP contribution in [0.1, 0.15) is 59.0 Å². The minimum absolute atomic E-state index is 0.0680. The number of aryl methyl sites for hydroxylation is 1. The number of hydrogen-bond donors (Lipinski definition) is 2. The molecule has 2 N–H and O–H groups in total. The van der Waals surface area contributed by atoms with Gasteiger partial charge in [-0.2, -0.15) is 0 Å². The van der Waals surface area contributed by atoms with Crippen molar-refractivity contribution in [2.75, 3.05) is 0 Å². The van der Waals surface area contributed by atoms with Crippen LogP contribution in [0.3, 0.4) is 0 Å². The molecule has 140 valence electrons. The number of nitrogens with zero attached hydrogens (tertiary/aromatic N) is 3. The van der Waals surface area contributed by atoms with E-state index in [1.807, 2.05) is 33.8 Å². The zero-order chi connectivity index (χ0) is 19.3. The molecule has 0 bridgehead atoms. The van der Waals surface area contributed by atoms with Crippen molar-refractivity contribution in [3.8, 4) is 0 Å². The molecule has 6 nitrogen and oxygen atoms in total. The van der Waals surface area contributed by atoms with E-state index in [1.165, 1.54) is 0 Å². The van der Waals surface area contributed by atoms with E-state index in [0.717, 1.165) is 41.9 Å². The zero-order valence-electron chi connectivity index (χ0n) is 16.4. The molecule has 6 heteroatoms. The van der Waals surface area contributed by atoms with Crippen molar-refractivity contribution in [1.82, 2.24) is 20.6 Å². The second kappa shape index (κ2) is 8.25. The number of aliphatic imine (C=N–C) groups is 1. The van der Waals surface area contributed by atoms with Gasteiger partial charge in [-0.05, 0) is 53.3 Å². The summed E-state index contributed by atoms with van der Waals surface area (Å²) in [5, 5.41) is 6.37. The third kappa shape index (κ3) is 5.00. The molecule has 0 spiro atoms. The molecule has 0 unspecified atom stereocenters. The first-order chi connectivity index (χ1) is 12.3. The molecular formula is C20H29N5O. The Kier molecular flexibility index (Phi) is 6.29. The number of amides is 1. The highest BCUT2D eigenvalue weighted by molar-refractivity contribution is 5.98. The Morgan fingerprint density at radius 3 is 2.58 bits per heavy atom. The SMILES string of the molecule is C=N/C(NC1(C)CC1)=C(\C)C(C(=O)NCc1ccnc(CC)n1)=C(C)C. The van der Waals surface area contributed by atoms with Crippen LogP contribution in [0, 0.1) is 0 Å². The molecule has 1 aromatic rings. The first kappa shape index (κ1) is 19.8. The summed E-state index contributed by atoms with van der Waals surface area (Å²) >= 11 is 0. The lowest BCUT2D eigenvalue weighted by atomic mass is 10.0. The minimum atomic E-state index is -0.136. The quantitative estimate of drug-likeness (QED) is 0.427. The van der Waals surface area contributed by atoms with Crippen molar-refractivity contribution in [3.05, 3.63) is 46.3 Å². The summed E-state index contributed by atoms with van der Waals surface area (Å²) in [6.07, 6.45) is 4.69. The van der Waals surface area contributed by atoms with Gasteiger partial charge in [-0.1, -0.05) is 12.5 Å². The number of allylic oxidation sites excluding steroid dienone is 1. The molecule has 1 aromatic heterocycles. The van der Waals surface area contributed by atoms with E-state index in [-0.39, 0.29) is 11.4 Å². The molecule has 0 aliphatic heterocycles. The maximum atomic E-state index is 12.8. The summed E-state index contributed by atoms with van der Waals surface area (Å²) in [6, 6.07) is 1.82. The summed E-state index contributed by atoms with van der Waals surface area (Å²) < 4.78 is 0. The summed E-state index contributed by atoms with van der Waals surface area (Å²) in [5.41, 5.74) is 3.24. The van der Waals surface area contributed by atoms with Gasteiger partial charge in [-0.25, -0.2) is 15.0 Å². The molecular weight excluding hydrogens is 326 g/mol. The smallest absolute Gasteiger partial charge is 0.251 e. The van der Waals surface area contributed by atoms with Crippen LogP contribution in [0.25, 0.3) is 0 Å². The average molecular weight is 355 g/mol. The second-order valence-corrected chi connectivity index (χ2v) is 7.19. The molecule has 1 amide bonds. The van der Waals surface area contributed by atoms with Gasteiger partial charge in [0.1, 0.15) is 11.6 Å². The Morgan fingerprint density at radius 1 is 1.35 bits per heavy atom. The second-order valence-electron chi connectivity index (χ2n) is 7.19. The van der Waals surface area contributed by atoms with Gasteiger partial charge in [0, 0.05) is 29.3 Å². The van der Waals surface area contributed by atoms with E-state index in [4.69, 9.17) is 0 Å². The summed E-state index contributed by atoms with van der Waals surface area (Å²) in [4.78, 5) is 25.6. The average Bonchev–Trinajstić information content (AvgIpc) is 3.35. The lowest BCUT2D eigenvalue weighted by molar-refractivity contribution is -0.117. The van der Waals surface area contributed by atoms with Crippen LogP contribution < -0.4 is 10.6 Å². The Bertz CT molecular complexity index is 755. The number of hydrogen-bond acceptors (Lipinski definition) is 5. The van der Waals surface area contributed by atoms with Gasteiger partial charge in [-0.15, -0.1) is 0 Å². The molecule has 1 aliphatic carbocycles. The van der Waals surface area contributed by atoms with Crippen LogP contribution in [0.5, 0.6) is 0 Å². The van der Waals surface area contributed by atoms with Crippen LogP contribution in [-0.2, 0) is 17.8 Å². The highest BCUT2D eigenvalue weighted by Gasteiger charge is 2.38. The van der Waals surface area contributed by atoms with Crippen molar-refractivity contribution in [2.24, 2.45) is 4.99 Å². The van der Waals surface area contributed by atoms with E-state index in [9.17, 15) is 4.79 Å². The number of carbonyl (C=O) groups is 1. The molecule has 1 saturated carbocycles. The Balaban J connectivity index is 2.16. The summed E-state index contributed by atoms with van der Waals surface area (Å²) in [7, 11) is 0. The predicted octanol–water partition coefficient (Wildman–Crippen LogP) is 3.07. The van der Waals surface area contributed by atoms with E-state index in [1.54, 1.807) is 6.20 Å². The molecule has 0 atom stereocenters. The maximum Gasteiger partial charge on any atom is 0.251 e. The first-order valence-electron chi connectivity index (χ1n) is 9.02. The Hall–Kier alpha value is -2.50. The van der Waals surface area contributed by atoms with Crippen LogP contribution >= 0.6 is 0 Å². The Labute approximate surface area is 155 Å². The van der Waals surface area contributed by atoms with E-state index in [0.29, 0.717) is 17.9 Å². The van der Waals surface area contributed by atoms with Crippen LogP contribution in [0.2, 0.25) is 0 Å². The minimum Gasteiger partial charge on any atom is -0.365 e. The van der Waals surface area contributed by atoms with Gasteiger partial charge in [0.05, 0.1) is 12.2 Å². The Morgan fingerprint density at radius 2 is 2.04 bits per heavy atom. The van der Waals surface area contributed by atoms with Crippen LogP contribution in [0.15, 0.2) is 39.8 Å². The third-order valence-corrected chi connectivity index (χ3v) is 4.54. The molecule has 2 rings (SSSR count). The lowest BCUT2D eigenvalue weighted by Gasteiger charge is -2.18. The molecule has 1 fully saturated rings. The molecule has 0 saturated heterocycles. The molecule has 0 aromatic carbocycles. The maximum absolute atomic E-state index is 12.8. The van der Waals surface area contributed by atoms with Gasteiger partial charge in [-0.3, -0.25) is 4.79 Å². The fourth-order valence-electron chi connectivity index (χ4n) is 2.71.